The third-order valence-electron chi connectivity index (χ3n) is 4.24. The average Bonchev–Trinajstić information content (AvgIpc) is 3.15. The first-order chi connectivity index (χ1) is 13.8. The Morgan fingerprint density at radius 3 is 2.28 bits per heavy atom. The molecule has 0 aliphatic rings. The second-order valence-electron chi connectivity index (χ2n) is 6.45. The standard InChI is InChI=1S/C20H20F3N3O3/c1-26(11-13-4-9-16(27-2)17(10-13)28-3)12-18-24-19(25-29-18)14-5-7-15(8-6-14)20(21,22)23/h4-10H,11-12H2,1-3H3. The quantitative estimate of drug-likeness (QED) is 0.578. The van der Waals surface area contributed by atoms with Crippen molar-refractivity contribution >= 4 is 0 Å². The molecule has 6 nitrogen and oxygen atoms in total. The van der Waals surface area contributed by atoms with Gasteiger partial charge in [0.15, 0.2) is 11.5 Å². The van der Waals surface area contributed by atoms with E-state index in [1.807, 2.05) is 30.1 Å². The van der Waals surface area contributed by atoms with Crippen molar-refractivity contribution in [2.75, 3.05) is 21.3 Å². The van der Waals surface area contributed by atoms with E-state index in [1.165, 1.54) is 12.1 Å². The van der Waals surface area contributed by atoms with Crippen LogP contribution in [0.15, 0.2) is 47.0 Å². The molecule has 1 aromatic heterocycles. The van der Waals surface area contributed by atoms with Gasteiger partial charge in [0.25, 0.3) is 0 Å². The monoisotopic (exact) mass is 407 g/mol. The van der Waals surface area contributed by atoms with Crippen molar-refractivity contribution in [1.82, 2.24) is 15.0 Å². The highest BCUT2D eigenvalue weighted by Gasteiger charge is 2.30. The number of benzene rings is 2. The van der Waals surface area contributed by atoms with Crippen LogP contribution in [0.2, 0.25) is 0 Å². The molecule has 0 atom stereocenters. The number of nitrogens with zero attached hydrogens (tertiary/aromatic N) is 3. The second-order valence-corrected chi connectivity index (χ2v) is 6.45. The molecular formula is C20H20F3N3O3. The number of rotatable bonds is 7. The lowest BCUT2D eigenvalue weighted by molar-refractivity contribution is -0.137. The van der Waals surface area contributed by atoms with Gasteiger partial charge in [-0.1, -0.05) is 23.4 Å². The Labute approximate surface area is 165 Å². The molecule has 0 radical (unpaired) electrons. The van der Waals surface area contributed by atoms with Gasteiger partial charge in [0.1, 0.15) is 0 Å². The van der Waals surface area contributed by atoms with Gasteiger partial charge < -0.3 is 14.0 Å². The minimum absolute atomic E-state index is 0.244. The van der Waals surface area contributed by atoms with Crippen molar-refractivity contribution in [2.24, 2.45) is 0 Å². The van der Waals surface area contributed by atoms with E-state index in [1.54, 1.807) is 14.2 Å². The van der Waals surface area contributed by atoms with Crippen LogP contribution >= 0.6 is 0 Å². The summed E-state index contributed by atoms with van der Waals surface area (Å²) >= 11 is 0. The zero-order valence-corrected chi connectivity index (χ0v) is 16.2. The van der Waals surface area contributed by atoms with Crippen molar-refractivity contribution in [3.05, 3.63) is 59.5 Å². The van der Waals surface area contributed by atoms with Crippen molar-refractivity contribution in [2.45, 2.75) is 19.3 Å². The highest BCUT2D eigenvalue weighted by atomic mass is 19.4. The Morgan fingerprint density at radius 2 is 1.66 bits per heavy atom. The number of halogens is 3. The molecule has 0 aliphatic heterocycles. The smallest absolute Gasteiger partial charge is 0.416 e. The van der Waals surface area contributed by atoms with Crippen molar-refractivity contribution < 1.29 is 27.2 Å². The van der Waals surface area contributed by atoms with Crippen LogP contribution in [0.25, 0.3) is 11.4 Å². The van der Waals surface area contributed by atoms with E-state index >= 15 is 0 Å². The van der Waals surface area contributed by atoms with E-state index in [-0.39, 0.29) is 5.82 Å². The van der Waals surface area contributed by atoms with Gasteiger partial charge >= 0.3 is 6.18 Å². The maximum Gasteiger partial charge on any atom is 0.416 e. The average molecular weight is 407 g/mol. The summed E-state index contributed by atoms with van der Waals surface area (Å²) in [6.45, 7) is 0.973. The minimum atomic E-state index is -4.38. The predicted octanol–water partition coefficient (Wildman–Crippen LogP) is 4.40. The first kappa shape index (κ1) is 20.7. The van der Waals surface area contributed by atoms with Crippen LogP contribution in [0, 0.1) is 0 Å². The molecule has 29 heavy (non-hydrogen) atoms. The van der Waals surface area contributed by atoms with Crippen molar-refractivity contribution in [1.29, 1.82) is 0 Å². The van der Waals surface area contributed by atoms with Gasteiger partial charge in [-0.3, -0.25) is 4.90 Å². The molecule has 0 unspecified atom stereocenters. The van der Waals surface area contributed by atoms with Crippen LogP contribution in [0.5, 0.6) is 11.5 Å². The highest BCUT2D eigenvalue weighted by molar-refractivity contribution is 5.54. The van der Waals surface area contributed by atoms with Crippen LogP contribution in [0.3, 0.4) is 0 Å². The molecule has 0 fully saturated rings. The Morgan fingerprint density at radius 1 is 0.966 bits per heavy atom. The molecule has 0 amide bonds. The van der Waals surface area contributed by atoms with Gasteiger partial charge in [-0.15, -0.1) is 0 Å². The van der Waals surface area contributed by atoms with E-state index in [0.717, 1.165) is 17.7 Å². The lowest BCUT2D eigenvalue weighted by atomic mass is 10.1. The summed E-state index contributed by atoms with van der Waals surface area (Å²) in [7, 11) is 5.04. The first-order valence-electron chi connectivity index (χ1n) is 8.70. The number of hydrogen-bond acceptors (Lipinski definition) is 6. The summed E-state index contributed by atoms with van der Waals surface area (Å²) in [6.07, 6.45) is -4.38. The van der Waals surface area contributed by atoms with Gasteiger partial charge in [-0.2, -0.15) is 18.2 Å². The normalized spacial score (nSPS) is 11.7. The molecule has 3 rings (SSSR count). The van der Waals surface area contributed by atoms with Gasteiger partial charge in [0, 0.05) is 12.1 Å². The predicted molar refractivity (Wildman–Crippen MR) is 99.5 cm³/mol. The summed E-state index contributed by atoms with van der Waals surface area (Å²) in [5.41, 5.74) is 0.739. The zero-order valence-electron chi connectivity index (χ0n) is 16.2. The molecule has 2 aromatic carbocycles. The van der Waals surface area contributed by atoms with Crippen LogP contribution in [-0.2, 0) is 19.3 Å². The van der Waals surface area contributed by atoms with Crippen LogP contribution in [0.4, 0.5) is 13.2 Å². The number of alkyl halides is 3. The third-order valence-corrected chi connectivity index (χ3v) is 4.24. The van der Waals surface area contributed by atoms with E-state index in [2.05, 4.69) is 10.1 Å². The van der Waals surface area contributed by atoms with Crippen LogP contribution in [0.1, 0.15) is 17.0 Å². The maximum absolute atomic E-state index is 12.7. The fraction of sp³-hybridized carbons (Fsp3) is 0.300. The molecular weight excluding hydrogens is 387 g/mol. The number of methoxy groups -OCH3 is 2. The Hall–Kier alpha value is -3.07. The molecule has 3 aromatic rings. The van der Waals surface area contributed by atoms with Crippen LogP contribution in [-0.4, -0.2) is 36.3 Å². The Balaban J connectivity index is 1.65. The van der Waals surface area contributed by atoms with Gasteiger partial charge in [-0.25, -0.2) is 0 Å². The number of aromatic nitrogens is 2. The van der Waals surface area contributed by atoms with Gasteiger partial charge in [-0.05, 0) is 36.9 Å². The maximum atomic E-state index is 12.7. The van der Waals surface area contributed by atoms with Crippen LogP contribution < -0.4 is 9.47 Å². The van der Waals surface area contributed by atoms with E-state index < -0.39 is 11.7 Å². The van der Waals surface area contributed by atoms with Crippen molar-refractivity contribution in [3.63, 3.8) is 0 Å². The molecule has 0 spiro atoms. The van der Waals surface area contributed by atoms with Gasteiger partial charge in [0.2, 0.25) is 11.7 Å². The lowest BCUT2D eigenvalue weighted by Gasteiger charge is -2.15. The second kappa shape index (κ2) is 8.52. The van der Waals surface area contributed by atoms with Gasteiger partial charge in [0.05, 0.1) is 26.3 Å². The third kappa shape index (κ3) is 5.05. The molecule has 1 heterocycles. The lowest BCUT2D eigenvalue weighted by Crippen LogP contribution is -2.17. The molecule has 0 bridgehead atoms. The highest BCUT2D eigenvalue weighted by Crippen LogP contribution is 2.31. The summed E-state index contributed by atoms with van der Waals surface area (Å²) in [5, 5.41) is 3.86. The van der Waals surface area contributed by atoms with E-state index in [0.29, 0.717) is 36.0 Å². The zero-order chi connectivity index (χ0) is 21.0. The fourth-order valence-electron chi connectivity index (χ4n) is 2.82. The Kier molecular flexibility index (Phi) is 6.07. The summed E-state index contributed by atoms with van der Waals surface area (Å²) in [5.74, 6) is 1.90. The minimum Gasteiger partial charge on any atom is -0.493 e. The molecule has 154 valence electrons. The number of ether oxygens (including phenoxy) is 2. The summed E-state index contributed by atoms with van der Waals surface area (Å²) in [4.78, 5) is 6.23. The molecule has 0 saturated carbocycles. The molecule has 0 aliphatic carbocycles. The van der Waals surface area contributed by atoms with E-state index in [9.17, 15) is 13.2 Å². The van der Waals surface area contributed by atoms with E-state index in [4.69, 9.17) is 14.0 Å². The molecule has 0 N–H and O–H groups in total. The fourth-order valence-corrected chi connectivity index (χ4v) is 2.82. The molecule has 9 heteroatoms. The van der Waals surface area contributed by atoms with Crippen molar-refractivity contribution in [3.8, 4) is 22.9 Å². The molecule has 0 saturated heterocycles. The first-order valence-corrected chi connectivity index (χ1v) is 8.70. The largest absolute Gasteiger partial charge is 0.493 e. The number of hydrogen-bond donors (Lipinski definition) is 0. The SMILES string of the molecule is COc1ccc(CN(C)Cc2nc(-c3ccc(C(F)(F)F)cc3)no2)cc1OC. The summed E-state index contributed by atoms with van der Waals surface area (Å²) < 4.78 is 53.8. The Bertz CT molecular complexity index is 956. The topological polar surface area (TPSA) is 60.6 Å². The summed E-state index contributed by atoms with van der Waals surface area (Å²) in [6, 6.07) is 10.3.